The van der Waals surface area contributed by atoms with Gasteiger partial charge in [-0.15, -0.1) is 0 Å². The summed E-state index contributed by atoms with van der Waals surface area (Å²) in [7, 11) is 0. The summed E-state index contributed by atoms with van der Waals surface area (Å²) in [5.41, 5.74) is 16.0. The summed E-state index contributed by atoms with van der Waals surface area (Å²) in [6.07, 6.45) is 1.45. The maximum absolute atomic E-state index is 11.3. The SMILES string of the molecule is Cc1cnc(N)c(C(=O)N=C(N)N)n1. The second-order valence-corrected chi connectivity index (χ2v) is 2.59. The fourth-order valence-electron chi connectivity index (χ4n) is 0.814. The van der Waals surface area contributed by atoms with Crippen LogP contribution < -0.4 is 17.2 Å². The maximum atomic E-state index is 11.3. The van der Waals surface area contributed by atoms with Crippen molar-refractivity contribution in [2.75, 3.05) is 5.73 Å². The van der Waals surface area contributed by atoms with Gasteiger partial charge in [0.1, 0.15) is 0 Å². The summed E-state index contributed by atoms with van der Waals surface area (Å²) in [5, 5.41) is 0. The van der Waals surface area contributed by atoms with E-state index in [4.69, 9.17) is 17.2 Å². The maximum Gasteiger partial charge on any atom is 0.302 e. The van der Waals surface area contributed by atoms with Crippen LogP contribution in [-0.4, -0.2) is 21.8 Å². The topological polar surface area (TPSA) is 133 Å². The minimum Gasteiger partial charge on any atom is -0.382 e. The Morgan fingerprint density at radius 3 is 2.71 bits per heavy atom. The van der Waals surface area contributed by atoms with Crippen molar-refractivity contribution in [3.05, 3.63) is 17.6 Å². The van der Waals surface area contributed by atoms with E-state index in [9.17, 15) is 4.79 Å². The fourth-order valence-corrected chi connectivity index (χ4v) is 0.814. The van der Waals surface area contributed by atoms with Crippen molar-refractivity contribution in [3.8, 4) is 0 Å². The summed E-state index contributed by atoms with van der Waals surface area (Å²) >= 11 is 0. The van der Waals surface area contributed by atoms with Crippen molar-refractivity contribution >= 4 is 17.7 Å². The second kappa shape index (κ2) is 3.69. The van der Waals surface area contributed by atoms with Crippen molar-refractivity contribution in [2.45, 2.75) is 6.92 Å². The van der Waals surface area contributed by atoms with E-state index < -0.39 is 5.91 Å². The highest BCUT2D eigenvalue weighted by atomic mass is 16.1. The summed E-state index contributed by atoms with van der Waals surface area (Å²) in [6.45, 7) is 1.68. The lowest BCUT2D eigenvalue weighted by Gasteiger charge is -2.00. The highest BCUT2D eigenvalue weighted by Crippen LogP contribution is 2.06. The predicted octanol–water partition coefficient (Wildman–Crippen LogP) is -1.22. The minimum absolute atomic E-state index is 0.00519. The van der Waals surface area contributed by atoms with Gasteiger partial charge in [0.25, 0.3) is 0 Å². The van der Waals surface area contributed by atoms with Crippen molar-refractivity contribution in [1.82, 2.24) is 9.97 Å². The van der Waals surface area contributed by atoms with Crippen LogP contribution in [0.5, 0.6) is 0 Å². The predicted molar refractivity (Wildman–Crippen MR) is 51.3 cm³/mol. The van der Waals surface area contributed by atoms with Crippen molar-refractivity contribution in [1.29, 1.82) is 0 Å². The molecular weight excluding hydrogens is 184 g/mol. The van der Waals surface area contributed by atoms with Gasteiger partial charge in [-0.1, -0.05) is 0 Å². The highest BCUT2D eigenvalue weighted by molar-refractivity contribution is 6.03. The number of aromatic nitrogens is 2. The molecular formula is C7H10N6O. The molecule has 7 nitrogen and oxygen atoms in total. The number of carbonyl (C=O) groups excluding carboxylic acids is 1. The lowest BCUT2D eigenvalue weighted by atomic mass is 10.3. The van der Waals surface area contributed by atoms with Gasteiger partial charge in [0, 0.05) is 0 Å². The van der Waals surface area contributed by atoms with Crippen molar-refractivity contribution in [2.24, 2.45) is 16.5 Å². The smallest absolute Gasteiger partial charge is 0.302 e. The number of hydrogen-bond acceptors (Lipinski definition) is 4. The van der Waals surface area contributed by atoms with Gasteiger partial charge >= 0.3 is 5.91 Å². The average molecular weight is 194 g/mol. The average Bonchev–Trinajstić information content (AvgIpc) is 2.08. The van der Waals surface area contributed by atoms with E-state index in [1.54, 1.807) is 6.92 Å². The molecule has 1 aromatic rings. The molecule has 1 amide bonds. The van der Waals surface area contributed by atoms with E-state index in [1.165, 1.54) is 6.20 Å². The molecule has 0 aliphatic rings. The number of nitrogens with two attached hydrogens (primary N) is 3. The van der Waals surface area contributed by atoms with Gasteiger partial charge < -0.3 is 17.2 Å². The summed E-state index contributed by atoms with van der Waals surface area (Å²) in [5.74, 6) is -1.03. The molecule has 0 radical (unpaired) electrons. The molecule has 0 atom stereocenters. The number of amides is 1. The van der Waals surface area contributed by atoms with Crippen LogP contribution in [0, 0.1) is 6.92 Å². The number of hydrogen-bond donors (Lipinski definition) is 3. The molecule has 0 aliphatic heterocycles. The molecule has 1 aromatic heterocycles. The number of aryl methyl sites for hydroxylation is 1. The van der Waals surface area contributed by atoms with E-state index >= 15 is 0 Å². The van der Waals surface area contributed by atoms with Crippen LogP contribution in [-0.2, 0) is 0 Å². The molecule has 0 aromatic carbocycles. The van der Waals surface area contributed by atoms with Crippen LogP contribution in [0.15, 0.2) is 11.2 Å². The highest BCUT2D eigenvalue weighted by Gasteiger charge is 2.11. The Kier molecular flexibility index (Phi) is 2.61. The Labute approximate surface area is 80.0 Å². The Morgan fingerprint density at radius 1 is 1.50 bits per heavy atom. The number of carbonyl (C=O) groups is 1. The Hall–Kier alpha value is -2.18. The fraction of sp³-hybridized carbons (Fsp3) is 0.143. The molecule has 1 heterocycles. The van der Waals surface area contributed by atoms with E-state index in [-0.39, 0.29) is 17.5 Å². The molecule has 0 saturated carbocycles. The molecule has 14 heavy (non-hydrogen) atoms. The number of nitrogens with zero attached hydrogens (tertiary/aromatic N) is 3. The summed E-state index contributed by atoms with van der Waals surface area (Å²) in [4.78, 5) is 22.2. The van der Waals surface area contributed by atoms with E-state index in [0.29, 0.717) is 5.69 Å². The molecule has 6 N–H and O–H groups in total. The van der Waals surface area contributed by atoms with E-state index in [1.807, 2.05) is 0 Å². The standard InChI is InChI=1S/C7H10N6O/c1-3-2-11-5(8)4(12-3)6(14)13-7(9)10/h2H,1H3,(H2,8,11)(H4,9,10,13,14). The van der Waals surface area contributed by atoms with Crippen LogP contribution in [0.1, 0.15) is 16.2 Å². The second-order valence-electron chi connectivity index (χ2n) is 2.59. The molecule has 0 spiro atoms. The first-order valence-corrected chi connectivity index (χ1v) is 3.74. The van der Waals surface area contributed by atoms with Crippen molar-refractivity contribution in [3.63, 3.8) is 0 Å². The largest absolute Gasteiger partial charge is 0.382 e. The summed E-state index contributed by atoms with van der Waals surface area (Å²) < 4.78 is 0. The van der Waals surface area contributed by atoms with Gasteiger partial charge in [0.05, 0.1) is 11.9 Å². The van der Waals surface area contributed by atoms with Gasteiger partial charge in [-0.05, 0) is 6.92 Å². The Balaban J connectivity index is 3.12. The molecule has 0 unspecified atom stereocenters. The van der Waals surface area contributed by atoms with Gasteiger partial charge in [-0.2, -0.15) is 4.99 Å². The lowest BCUT2D eigenvalue weighted by Crippen LogP contribution is -2.24. The third-order valence-corrected chi connectivity index (χ3v) is 1.35. The van der Waals surface area contributed by atoms with Crippen LogP contribution in [0.2, 0.25) is 0 Å². The van der Waals surface area contributed by atoms with E-state index in [2.05, 4.69) is 15.0 Å². The van der Waals surface area contributed by atoms with Gasteiger partial charge in [-0.3, -0.25) is 4.79 Å². The number of anilines is 1. The van der Waals surface area contributed by atoms with Crippen LogP contribution in [0.3, 0.4) is 0 Å². The quantitative estimate of drug-likeness (QED) is 0.379. The first-order chi connectivity index (χ1) is 6.50. The lowest BCUT2D eigenvalue weighted by molar-refractivity contribution is 0.0998. The van der Waals surface area contributed by atoms with Crippen LogP contribution >= 0.6 is 0 Å². The molecule has 0 saturated heterocycles. The minimum atomic E-state index is -0.696. The van der Waals surface area contributed by atoms with Crippen LogP contribution in [0.4, 0.5) is 5.82 Å². The zero-order valence-corrected chi connectivity index (χ0v) is 7.56. The number of nitrogen functional groups attached to an aromatic ring is 1. The third-order valence-electron chi connectivity index (χ3n) is 1.35. The summed E-state index contributed by atoms with van der Waals surface area (Å²) in [6, 6.07) is 0. The number of rotatable bonds is 1. The number of aliphatic imine (C=N–C) groups is 1. The van der Waals surface area contributed by atoms with Gasteiger partial charge in [0.15, 0.2) is 17.5 Å². The third kappa shape index (κ3) is 2.16. The Morgan fingerprint density at radius 2 is 2.14 bits per heavy atom. The van der Waals surface area contributed by atoms with Gasteiger partial charge in [0.2, 0.25) is 0 Å². The molecule has 1 rings (SSSR count). The first kappa shape index (κ1) is 9.90. The van der Waals surface area contributed by atoms with E-state index in [0.717, 1.165) is 0 Å². The Bertz CT molecular complexity index is 395. The van der Waals surface area contributed by atoms with Gasteiger partial charge in [-0.25, -0.2) is 9.97 Å². The molecule has 0 fully saturated rings. The monoisotopic (exact) mass is 194 g/mol. The normalized spacial score (nSPS) is 9.50. The van der Waals surface area contributed by atoms with Crippen LogP contribution in [0.25, 0.3) is 0 Å². The van der Waals surface area contributed by atoms with Crippen molar-refractivity contribution < 1.29 is 4.79 Å². The zero-order chi connectivity index (χ0) is 10.7. The molecule has 0 aliphatic carbocycles. The molecule has 7 heteroatoms. The molecule has 0 bridgehead atoms. The first-order valence-electron chi connectivity index (χ1n) is 3.74. The molecule has 74 valence electrons. The number of guanidine groups is 1. The zero-order valence-electron chi connectivity index (χ0n) is 7.56.